The van der Waals surface area contributed by atoms with Crippen molar-refractivity contribution >= 4 is 62.3 Å². The lowest BCUT2D eigenvalue weighted by Crippen LogP contribution is -1.90. The summed E-state index contributed by atoms with van der Waals surface area (Å²) in [6.45, 7) is 0. The first-order valence-corrected chi connectivity index (χ1v) is 6.05. The molecule has 0 unspecified atom stereocenters. The van der Waals surface area contributed by atoms with E-state index in [1.54, 1.807) is 6.07 Å². The van der Waals surface area contributed by atoms with Gasteiger partial charge in [0.25, 0.3) is 5.69 Å². The number of hydrogen-bond acceptors (Lipinski definition) is 4. The Balaban J connectivity index is 2.88. The van der Waals surface area contributed by atoms with E-state index in [-0.39, 0.29) is 5.69 Å². The molecule has 0 N–H and O–H groups in total. The van der Waals surface area contributed by atoms with E-state index in [9.17, 15) is 10.1 Å². The maximum Gasteiger partial charge on any atom is 0.285 e. The fraction of sp³-hybridized carbons (Fsp3) is 0. The number of rotatable bonds is 1. The van der Waals surface area contributed by atoms with Crippen LogP contribution in [0.2, 0.25) is 0 Å². The molecule has 3 nitrogen and oxygen atoms in total. The van der Waals surface area contributed by atoms with Crippen LogP contribution in [-0.4, -0.2) is 4.92 Å². The van der Waals surface area contributed by atoms with E-state index >= 15 is 0 Å². The Bertz CT molecular complexity index is 523. The minimum absolute atomic E-state index is 0.0766. The summed E-state index contributed by atoms with van der Waals surface area (Å²) >= 11 is 7.75. The van der Waals surface area contributed by atoms with E-state index in [0.717, 1.165) is 13.7 Å². The Morgan fingerprint density at radius 2 is 2.29 bits per heavy atom. The van der Waals surface area contributed by atoms with Gasteiger partial charge in [-0.15, -0.1) is 24.0 Å². The van der Waals surface area contributed by atoms with Crippen LogP contribution in [-0.2, 0) is 0 Å². The van der Waals surface area contributed by atoms with Gasteiger partial charge in [-0.05, 0) is 34.0 Å². The number of benzene rings is 1. The molecule has 0 radical (unpaired) electrons. The van der Waals surface area contributed by atoms with Gasteiger partial charge in [-0.1, -0.05) is 0 Å². The van der Waals surface area contributed by atoms with Crippen LogP contribution in [0.15, 0.2) is 22.4 Å². The van der Waals surface area contributed by atoms with Gasteiger partial charge >= 0.3 is 0 Å². The van der Waals surface area contributed by atoms with E-state index in [4.69, 9.17) is 0 Å². The second kappa shape index (κ2) is 3.67. The van der Waals surface area contributed by atoms with Crippen LogP contribution in [0.25, 0.3) is 10.1 Å². The van der Waals surface area contributed by atoms with Crippen LogP contribution in [0.4, 0.5) is 5.69 Å². The molecule has 0 fully saturated rings. The number of nitro benzene ring substituents is 1. The van der Waals surface area contributed by atoms with Gasteiger partial charge in [0.05, 0.1) is 14.5 Å². The Morgan fingerprint density at radius 1 is 1.57 bits per heavy atom. The molecule has 1 aromatic carbocycles. The third-order valence-electron chi connectivity index (χ3n) is 1.84. The molecule has 0 atom stereocenters. The number of hydrogen-bond donors (Lipinski definition) is 1. The highest BCUT2D eigenvalue weighted by Gasteiger charge is 2.17. The summed E-state index contributed by atoms with van der Waals surface area (Å²) in [7, 11) is 0. The molecule has 0 bridgehead atoms. The average Bonchev–Trinajstić information content (AvgIpc) is 2.59. The number of nitrogens with zero attached hydrogens (tertiary/aromatic N) is 1. The normalized spacial score (nSPS) is 10.7. The maximum absolute atomic E-state index is 10.7. The van der Waals surface area contributed by atoms with E-state index in [0.29, 0.717) is 4.90 Å². The topological polar surface area (TPSA) is 43.1 Å². The smallest absolute Gasteiger partial charge is 0.258 e. The summed E-state index contributed by atoms with van der Waals surface area (Å²) in [5, 5.41) is 13.6. The van der Waals surface area contributed by atoms with Crippen molar-refractivity contribution in [1.29, 1.82) is 0 Å². The largest absolute Gasteiger partial charge is 0.285 e. The number of halogens is 1. The van der Waals surface area contributed by atoms with Crippen molar-refractivity contribution < 1.29 is 4.92 Å². The summed E-state index contributed by atoms with van der Waals surface area (Å²) in [6, 6.07) is 3.50. The van der Waals surface area contributed by atoms with Gasteiger partial charge in [-0.3, -0.25) is 10.1 Å². The molecule has 0 aliphatic rings. The molecule has 6 heteroatoms. The van der Waals surface area contributed by atoms with Gasteiger partial charge in [-0.25, -0.2) is 0 Å². The fourth-order valence-electron chi connectivity index (χ4n) is 1.20. The lowest BCUT2D eigenvalue weighted by atomic mass is 10.2. The molecule has 0 aliphatic heterocycles. The van der Waals surface area contributed by atoms with Gasteiger partial charge in [0, 0.05) is 15.0 Å². The SMILES string of the molecule is O=[N+]([O-])c1cc(I)c2ccsc2c1S. The van der Waals surface area contributed by atoms with Gasteiger partial charge in [0.1, 0.15) is 0 Å². The van der Waals surface area contributed by atoms with E-state index in [1.165, 1.54) is 11.3 Å². The minimum Gasteiger partial charge on any atom is -0.258 e. The molecule has 1 aromatic heterocycles. The zero-order chi connectivity index (χ0) is 10.3. The molecule has 14 heavy (non-hydrogen) atoms. The number of thiophene rings is 1. The van der Waals surface area contributed by atoms with Crippen LogP contribution >= 0.6 is 46.6 Å². The predicted molar refractivity (Wildman–Crippen MR) is 68.4 cm³/mol. The van der Waals surface area contributed by atoms with Gasteiger partial charge in [0.2, 0.25) is 0 Å². The van der Waals surface area contributed by atoms with Crippen molar-refractivity contribution in [2.24, 2.45) is 0 Å². The molecule has 1 heterocycles. The third kappa shape index (κ3) is 1.51. The lowest BCUT2D eigenvalue weighted by molar-refractivity contribution is -0.387. The summed E-state index contributed by atoms with van der Waals surface area (Å²) in [6.07, 6.45) is 0. The first-order valence-electron chi connectivity index (χ1n) is 3.64. The first kappa shape index (κ1) is 10.2. The summed E-state index contributed by atoms with van der Waals surface area (Å²) in [5.41, 5.74) is 0.0766. The standard InChI is InChI=1S/C8H4INO2S2/c9-5-3-6(10(11)12)7(13)8-4(5)1-2-14-8/h1-3,13H. The first-order chi connectivity index (χ1) is 6.61. The third-order valence-corrected chi connectivity index (χ3v) is 4.27. The number of thiol groups is 1. The van der Waals surface area contributed by atoms with Crippen molar-refractivity contribution in [3.8, 4) is 0 Å². The molecule has 2 rings (SSSR count). The van der Waals surface area contributed by atoms with E-state index in [1.807, 2.05) is 11.4 Å². The van der Waals surface area contributed by atoms with E-state index in [2.05, 4.69) is 35.2 Å². The number of fused-ring (bicyclic) bond motifs is 1. The van der Waals surface area contributed by atoms with Crippen LogP contribution in [0.5, 0.6) is 0 Å². The van der Waals surface area contributed by atoms with Crippen LogP contribution in [0.1, 0.15) is 0 Å². The van der Waals surface area contributed by atoms with Crippen molar-refractivity contribution in [3.05, 3.63) is 31.2 Å². The highest BCUT2D eigenvalue weighted by atomic mass is 127. The maximum atomic E-state index is 10.7. The highest BCUT2D eigenvalue weighted by Crippen LogP contribution is 2.37. The lowest BCUT2D eigenvalue weighted by Gasteiger charge is -1.99. The predicted octanol–water partition coefficient (Wildman–Crippen LogP) is 3.70. The quantitative estimate of drug-likeness (QED) is 0.373. The highest BCUT2D eigenvalue weighted by molar-refractivity contribution is 14.1. The van der Waals surface area contributed by atoms with Crippen LogP contribution < -0.4 is 0 Å². The van der Waals surface area contributed by atoms with Crippen LogP contribution in [0.3, 0.4) is 0 Å². The van der Waals surface area contributed by atoms with Gasteiger partial charge in [-0.2, -0.15) is 0 Å². The Hall–Kier alpha value is -0.340. The van der Waals surface area contributed by atoms with Gasteiger partial charge in [0.15, 0.2) is 0 Å². The summed E-state index contributed by atoms with van der Waals surface area (Å²) in [4.78, 5) is 10.8. The van der Waals surface area contributed by atoms with E-state index < -0.39 is 4.92 Å². The van der Waals surface area contributed by atoms with Crippen molar-refractivity contribution in [2.45, 2.75) is 4.90 Å². The molecular formula is C8H4INO2S2. The second-order valence-corrected chi connectivity index (χ2v) is 5.17. The molecule has 2 aromatic rings. The monoisotopic (exact) mass is 337 g/mol. The molecule has 72 valence electrons. The molecule has 0 saturated carbocycles. The fourth-order valence-corrected chi connectivity index (χ4v) is 3.42. The Kier molecular flexibility index (Phi) is 2.67. The minimum atomic E-state index is -0.399. The zero-order valence-corrected chi connectivity index (χ0v) is 10.6. The van der Waals surface area contributed by atoms with Crippen molar-refractivity contribution in [1.82, 2.24) is 0 Å². The average molecular weight is 337 g/mol. The van der Waals surface area contributed by atoms with Crippen molar-refractivity contribution in [3.63, 3.8) is 0 Å². The molecule has 0 amide bonds. The Morgan fingerprint density at radius 3 is 2.93 bits per heavy atom. The summed E-state index contributed by atoms with van der Waals surface area (Å²) in [5.74, 6) is 0. The molecular weight excluding hydrogens is 333 g/mol. The van der Waals surface area contributed by atoms with Crippen molar-refractivity contribution in [2.75, 3.05) is 0 Å². The Labute approximate surface area is 103 Å². The number of nitro groups is 1. The molecule has 0 spiro atoms. The molecule has 0 saturated heterocycles. The summed E-state index contributed by atoms with van der Waals surface area (Å²) < 4.78 is 1.77. The second-order valence-electron chi connectivity index (χ2n) is 2.65. The van der Waals surface area contributed by atoms with Crippen LogP contribution in [0, 0.1) is 13.7 Å². The van der Waals surface area contributed by atoms with Gasteiger partial charge < -0.3 is 0 Å². The molecule has 0 aliphatic carbocycles. The zero-order valence-electron chi connectivity index (χ0n) is 6.73.